The van der Waals surface area contributed by atoms with Crippen molar-refractivity contribution in [1.82, 2.24) is 15.1 Å². The van der Waals surface area contributed by atoms with Gasteiger partial charge in [-0.3, -0.25) is 9.59 Å². The van der Waals surface area contributed by atoms with E-state index in [-0.39, 0.29) is 35.4 Å². The number of amides is 4. The quantitative estimate of drug-likeness (QED) is 0.668. The fourth-order valence-corrected chi connectivity index (χ4v) is 4.07. The first kappa shape index (κ1) is 24.9. The standard InChI is InChI=1S/C23H31F3N4O3/c1-4-14(2)19(28-22(33)27-18-8-6-5-7-17(18)23(24,25)26)21(32)29-11-12-30(15(3)13-29)20(31)16-9-10-16/h5-8,14-16,19H,4,9-13H2,1-3H3,(H2,27,28,33). The average Bonchev–Trinajstić information content (AvgIpc) is 3.61. The maximum Gasteiger partial charge on any atom is 0.418 e. The zero-order valence-corrected chi connectivity index (χ0v) is 19.1. The molecular formula is C23H31F3N4O3. The van der Waals surface area contributed by atoms with Gasteiger partial charge in [0.25, 0.3) is 0 Å². The number of hydrogen-bond donors (Lipinski definition) is 2. The highest BCUT2D eigenvalue weighted by atomic mass is 19.4. The van der Waals surface area contributed by atoms with Gasteiger partial charge in [0.1, 0.15) is 6.04 Å². The molecule has 2 aliphatic rings. The van der Waals surface area contributed by atoms with Gasteiger partial charge >= 0.3 is 12.2 Å². The second kappa shape index (κ2) is 10.0. The molecule has 1 aliphatic heterocycles. The molecule has 3 rings (SSSR count). The third kappa shape index (κ3) is 5.97. The molecule has 2 N–H and O–H groups in total. The van der Waals surface area contributed by atoms with Crippen LogP contribution in [0, 0.1) is 11.8 Å². The van der Waals surface area contributed by atoms with Crippen LogP contribution >= 0.6 is 0 Å². The molecule has 1 saturated carbocycles. The van der Waals surface area contributed by atoms with Gasteiger partial charge in [0, 0.05) is 31.6 Å². The molecule has 10 heteroatoms. The Labute approximate surface area is 191 Å². The Bertz CT molecular complexity index is 888. The highest BCUT2D eigenvalue weighted by Crippen LogP contribution is 2.34. The van der Waals surface area contributed by atoms with Crippen LogP contribution in [0.1, 0.15) is 45.6 Å². The summed E-state index contributed by atoms with van der Waals surface area (Å²) in [4.78, 5) is 41.7. The molecule has 0 radical (unpaired) electrons. The zero-order valence-electron chi connectivity index (χ0n) is 19.1. The number of benzene rings is 1. The fourth-order valence-electron chi connectivity index (χ4n) is 4.07. The van der Waals surface area contributed by atoms with Gasteiger partial charge < -0.3 is 20.4 Å². The Hall–Kier alpha value is -2.78. The number of carbonyl (C=O) groups is 3. The van der Waals surface area contributed by atoms with Crippen LogP contribution in [0.4, 0.5) is 23.7 Å². The van der Waals surface area contributed by atoms with Crippen LogP contribution in [0.5, 0.6) is 0 Å². The zero-order chi connectivity index (χ0) is 24.3. The van der Waals surface area contributed by atoms with Gasteiger partial charge in [-0.2, -0.15) is 13.2 Å². The molecule has 7 nitrogen and oxygen atoms in total. The van der Waals surface area contributed by atoms with Crippen molar-refractivity contribution < 1.29 is 27.6 Å². The monoisotopic (exact) mass is 468 g/mol. The first-order chi connectivity index (χ1) is 15.5. The molecule has 4 amide bonds. The first-order valence-electron chi connectivity index (χ1n) is 11.4. The summed E-state index contributed by atoms with van der Waals surface area (Å²) in [6, 6.07) is 2.78. The van der Waals surface area contributed by atoms with E-state index >= 15 is 0 Å². The van der Waals surface area contributed by atoms with Crippen molar-refractivity contribution in [3.63, 3.8) is 0 Å². The van der Waals surface area contributed by atoms with Crippen molar-refractivity contribution in [3.05, 3.63) is 29.8 Å². The molecule has 2 fully saturated rings. The maximum atomic E-state index is 13.3. The molecule has 1 saturated heterocycles. The van der Waals surface area contributed by atoms with Crippen molar-refractivity contribution in [3.8, 4) is 0 Å². The van der Waals surface area contributed by atoms with Crippen LogP contribution in [-0.4, -0.2) is 59.4 Å². The Kier molecular flexibility index (Phi) is 7.54. The lowest BCUT2D eigenvalue weighted by Gasteiger charge is -2.41. The Balaban J connectivity index is 1.67. The molecule has 3 atom stereocenters. The van der Waals surface area contributed by atoms with Gasteiger partial charge in [0.05, 0.1) is 11.3 Å². The summed E-state index contributed by atoms with van der Waals surface area (Å²) in [5, 5.41) is 4.82. The number of anilines is 1. The summed E-state index contributed by atoms with van der Waals surface area (Å²) in [5.74, 6) is -0.294. The normalized spacial score (nSPS) is 20.7. The second-order valence-corrected chi connectivity index (χ2v) is 8.94. The van der Waals surface area contributed by atoms with Crippen molar-refractivity contribution in [2.45, 2.75) is 58.3 Å². The Morgan fingerprint density at radius 2 is 1.82 bits per heavy atom. The van der Waals surface area contributed by atoms with E-state index in [4.69, 9.17) is 0 Å². The van der Waals surface area contributed by atoms with Crippen molar-refractivity contribution >= 4 is 23.5 Å². The van der Waals surface area contributed by atoms with Crippen LogP contribution in [0.3, 0.4) is 0 Å². The van der Waals surface area contributed by atoms with Crippen LogP contribution in [-0.2, 0) is 15.8 Å². The number of hydrogen-bond acceptors (Lipinski definition) is 3. The molecule has 1 aliphatic carbocycles. The largest absolute Gasteiger partial charge is 0.418 e. The molecule has 0 bridgehead atoms. The van der Waals surface area contributed by atoms with Crippen molar-refractivity contribution in [2.75, 3.05) is 25.0 Å². The lowest BCUT2D eigenvalue weighted by Crippen LogP contribution is -2.60. The highest BCUT2D eigenvalue weighted by molar-refractivity contribution is 5.94. The summed E-state index contributed by atoms with van der Waals surface area (Å²) in [5.41, 5.74) is -1.34. The molecule has 33 heavy (non-hydrogen) atoms. The van der Waals surface area contributed by atoms with Gasteiger partial charge in [-0.15, -0.1) is 0 Å². The molecule has 0 aromatic heterocycles. The van der Waals surface area contributed by atoms with E-state index in [0.29, 0.717) is 26.1 Å². The van der Waals surface area contributed by atoms with Crippen LogP contribution in [0.15, 0.2) is 24.3 Å². The van der Waals surface area contributed by atoms with Gasteiger partial charge in [0.15, 0.2) is 0 Å². The number of nitrogens with one attached hydrogen (secondary N) is 2. The van der Waals surface area contributed by atoms with Gasteiger partial charge in [-0.1, -0.05) is 32.4 Å². The van der Waals surface area contributed by atoms with Crippen LogP contribution in [0.2, 0.25) is 0 Å². The van der Waals surface area contributed by atoms with Crippen molar-refractivity contribution in [1.29, 1.82) is 0 Å². The number of halogens is 3. The van der Waals surface area contributed by atoms with E-state index in [1.807, 2.05) is 25.7 Å². The molecule has 3 unspecified atom stereocenters. The van der Waals surface area contributed by atoms with E-state index in [1.54, 1.807) is 4.90 Å². The van der Waals surface area contributed by atoms with Gasteiger partial charge in [-0.25, -0.2) is 4.79 Å². The fraction of sp³-hybridized carbons (Fsp3) is 0.609. The molecular weight excluding hydrogens is 437 g/mol. The number of rotatable bonds is 6. The lowest BCUT2D eigenvalue weighted by atomic mass is 9.97. The smallest absolute Gasteiger partial charge is 0.337 e. The van der Waals surface area contributed by atoms with Gasteiger partial charge in [-0.05, 0) is 37.8 Å². The third-order valence-corrected chi connectivity index (χ3v) is 6.40. The number of piperazine rings is 1. The van der Waals surface area contributed by atoms with E-state index in [2.05, 4.69) is 10.6 Å². The summed E-state index contributed by atoms with van der Waals surface area (Å²) >= 11 is 0. The summed E-state index contributed by atoms with van der Waals surface area (Å²) in [6.07, 6.45) is -2.20. The Morgan fingerprint density at radius 1 is 1.15 bits per heavy atom. The third-order valence-electron chi connectivity index (χ3n) is 6.40. The van der Waals surface area contributed by atoms with Crippen LogP contribution in [0.25, 0.3) is 0 Å². The predicted octanol–water partition coefficient (Wildman–Crippen LogP) is 3.71. The summed E-state index contributed by atoms with van der Waals surface area (Å²) < 4.78 is 39.7. The molecule has 182 valence electrons. The minimum atomic E-state index is -4.62. The first-order valence-corrected chi connectivity index (χ1v) is 11.4. The predicted molar refractivity (Wildman–Crippen MR) is 117 cm³/mol. The number of urea groups is 1. The van der Waals surface area contributed by atoms with E-state index < -0.39 is 23.8 Å². The minimum absolute atomic E-state index is 0.104. The number of alkyl halides is 3. The molecule has 1 aromatic carbocycles. The molecule has 0 spiro atoms. The number of para-hydroxylation sites is 1. The molecule has 1 heterocycles. The molecule has 1 aromatic rings. The number of carbonyl (C=O) groups excluding carboxylic acids is 3. The summed E-state index contributed by atoms with van der Waals surface area (Å²) in [6.45, 7) is 6.72. The van der Waals surface area contributed by atoms with E-state index in [9.17, 15) is 27.6 Å². The van der Waals surface area contributed by atoms with Crippen molar-refractivity contribution in [2.24, 2.45) is 11.8 Å². The average molecular weight is 469 g/mol. The second-order valence-electron chi connectivity index (χ2n) is 8.94. The number of nitrogens with zero attached hydrogens (tertiary/aromatic N) is 2. The van der Waals surface area contributed by atoms with Gasteiger partial charge in [0.2, 0.25) is 11.8 Å². The minimum Gasteiger partial charge on any atom is -0.337 e. The highest BCUT2D eigenvalue weighted by Gasteiger charge is 2.40. The van der Waals surface area contributed by atoms with E-state index in [0.717, 1.165) is 18.9 Å². The Morgan fingerprint density at radius 3 is 2.39 bits per heavy atom. The lowest BCUT2D eigenvalue weighted by molar-refractivity contribution is -0.144. The van der Waals surface area contributed by atoms with Crippen LogP contribution < -0.4 is 10.6 Å². The maximum absolute atomic E-state index is 13.3. The summed E-state index contributed by atoms with van der Waals surface area (Å²) in [7, 11) is 0. The SMILES string of the molecule is CCC(C)C(NC(=O)Nc1ccccc1C(F)(F)F)C(=O)N1CCN(C(=O)C2CC2)C(C)C1. The topological polar surface area (TPSA) is 81.8 Å². The van der Waals surface area contributed by atoms with E-state index in [1.165, 1.54) is 18.2 Å².